The quantitative estimate of drug-likeness (QED) is 0.804. The maximum Gasteiger partial charge on any atom is 0.255 e. The molecule has 0 atom stereocenters. The van der Waals surface area contributed by atoms with E-state index in [1.807, 2.05) is 17.0 Å². The first kappa shape index (κ1) is 19.4. The molecular formula is C21H23FN2O2S. The summed E-state index contributed by atoms with van der Waals surface area (Å²) in [6.45, 7) is 1.54. The number of rotatable bonds is 6. The molecule has 6 heteroatoms. The van der Waals surface area contributed by atoms with Gasteiger partial charge in [0.25, 0.3) is 5.91 Å². The lowest BCUT2D eigenvalue weighted by molar-refractivity contribution is -0.113. The van der Waals surface area contributed by atoms with E-state index in [1.165, 1.54) is 23.9 Å². The van der Waals surface area contributed by atoms with Crippen LogP contribution in [0, 0.1) is 5.82 Å². The number of carbonyl (C=O) groups is 2. The molecule has 0 bridgehead atoms. The summed E-state index contributed by atoms with van der Waals surface area (Å²) in [4.78, 5) is 26.9. The molecule has 0 unspecified atom stereocenters. The average molecular weight is 386 g/mol. The smallest absolute Gasteiger partial charge is 0.255 e. The second kappa shape index (κ2) is 9.55. The molecule has 142 valence electrons. The van der Waals surface area contributed by atoms with Crippen molar-refractivity contribution in [2.75, 3.05) is 24.2 Å². The lowest BCUT2D eigenvalue weighted by atomic mass is 10.1. The van der Waals surface area contributed by atoms with Gasteiger partial charge in [-0.15, -0.1) is 11.8 Å². The number of hydrogen-bond donors (Lipinski definition) is 1. The monoisotopic (exact) mass is 386 g/mol. The van der Waals surface area contributed by atoms with Crippen molar-refractivity contribution in [1.29, 1.82) is 0 Å². The Kier molecular flexibility index (Phi) is 6.87. The molecule has 1 N–H and O–H groups in total. The molecule has 27 heavy (non-hydrogen) atoms. The molecule has 3 rings (SSSR count). The van der Waals surface area contributed by atoms with Gasteiger partial charge in [0, 0.05) is 18.8 Å². The maximum absolute atomic E-state index is 12.9. The fourth-order valence-corrected chi connectivity index (χ4v) is 3.86. The summed E-state index contributed by atoms with van der Waals surface area (Å²) in [6.07, 6.45) is 3.22. The highest BCUT2D eigenvalue weighted by Crippen LogP contribution is 2.21. The van der Waals surface area contributed by atoms with Crippen LogP contribution in [-0.4, -0.2) is 35.6 Å². The first-order valence-corrected chi connectivity index (χ1v) is 10.3. The van der Waals surface area contributed by atoms with Crippen LogP contribution in [0.1, 0.15) is 35.2 Å². The molecule has 0 spiro atoms. The van der Waals surface area contributed by atoms with Crippen LogP contribution in [-0.2, 0) is 10.5 Å². The number of carbonyl (C=O) groups excluding carboxylic acids is 2. The number of piperidine rings is 1. The topological polar surface area (TPSA) is 49.4 Å². The van der Waals surface area contributed by atoms with Crippen molar-refractivity contribution >= 4 is 29.3 Å². The number of likely N-dealkylation sites (tertiary alicyclic amines) is 1. The highest BCUT2D eigenvalue weighted by atomic mass is 32.2. The minimum absolute atomic E-state index is 0.0236. The van der Waals surface area contributed by atoms with Gasteiger partial charge in [-0.05, 0) is 49.1 Å². The number of benzene rings is 2. The summed E-state index contributed by atoms with van der Waals surface area (Å²) in [5.41, 5.74) is 2.06. The van der Waals surface area contributed by atoms with Crippen molar-refractivity contribution in [3.63, 3.8) is 0 Å². The molecule has 1 aliphatic heterocycles. The Hall–Kier alpha value is -2.34. The largest absolute Gasteiger partial charge is 0.339 e. The molecule has 1 fully saturated rings. The fourth-order valence-electron chi connectivity index (χ4n) is 3.07. The summed E-state index contributed by atoms with van der Waals surface area (Å²) >= 11 is 1.45. The van der Waals surface area contributed by atoms with Crippen LogP contribution in [0.5, 0.6) is 0 Å². The number of amides is 2. The van der Waals surface area contributed by atoms with E-state index in [1.54, 1.807) is 24.3 Å². The molecule has 1 saturated heterocycles. The van der Waals surface area contributed by atoms with E-state index < -0.39 is 0 Å². The number of nitrogens with zero attached hydrogens (tertiary/aromatic N) is 1. The van der Waals surface area contributed by atoms with E-state index >= 15 is 0 Å². The predicted octanol–water partition coefficient (Wildman–Crippen LogP) is 4.32. The van der Waals surface area contributed by atoms with Gasteiger partial charge in [-0.25, -0.2) is 4.39 Å². The lowest BCUT2D eigenvalue weighted by Gasteiger charge is -2.27. The van der Waals surface area contributed by atoms with Gasteiger partial charge >= 0.3 is 0 Å². The molecule has 0 aromatic heterocycles. The summed E-state index contributed by atoms with van der Waals surface area (Å²) < 4.78 is 12.9. The number of thioether (sulfide) groups is 1. The van der Waals surface area contributed by atoms with Gasteiger partial charge in [-0.1, -0.05) is 24.3 Å². The van der Waals surface area contributed by atoms with Gasteiger partial charge in [0.2, 0.25) is 5.91 Å². The van der Waals surface area contributed by atoms with Crippen LogP contribution in [0.4, 0.5) is 10.1 Å². The average Bonchev–Trinajstić information content (AvgIpc) is 2.70. The third-order valence-corrected chi connectivity index (χ3v) is 5.49. The van der Waals surface area contributed by atoms with Gasteiger partial charge < -0.3 is 10.2 Å². The van der Waals surface area contributed by atoms with Gasteiger partial charge in [0.1, 0.15) is 5.82 Å². The Labute approximate surface area is 163 Å². The normalized spacial score (nSPS) is 14.0. The van der Waals surface area contributed by atoms with Crippen molar-refractivity contribution in [2.24, 2.45) is 0 Å². The van der Waals surface area contributed by atoms with Crippen molar-refractivity contribution < 1.29 is 14.0 Å². The first-order chi connectivity index (χ1) is 13.1. The van der Waals surface area contributed by atoms with Crippen molar-refractivity contribution in [3.05, 3.63) is 65.5 Å². The second-order valence-corrected chi connectivity index (χ2v) is 7.55. The zero-order valence-corrected chi connectivity index (χ0v) is 15.9. The first-order valence-electron chi connectivity index (χ1n) is 9.14. The molecule has 0 aliphatic carbocycles. The highest BCUT2D eigenvalue weighted by molar-refractivity contribution is 7.99. The predicted molar refractivity (Wildman–Crippen MR) is 107 cm³/mol. The third-order valence-electron chi connectivity index (χ3n) is 4.49. The van der Waals surface area contributed by atoms with Crippen LogP contribution in [0.25, 0.3) is 0 Å². The van der Waals surface area contributed by atoms with Crippen molar-refractivity contribution in [3.8, 4) is 0 Å². The lowest BCUT2D eigenvalue weighted by Crippen LogP contribution is -2.36. The Morgan fingerprint density at radius 3 is 2.44 bits per heavy atom. The summed E-state index contributed by atoms with van der Waals surface area (Å²) in [7, 11) is 0. The summed E-state index contributed by atoms with van der Waals surface area (Å²) in [6, 6.07) is 13.4. The Balaban J connectivity index is 1.55. The van der Waals surface area contributed by atoms with Crippen molar-refractivity contribution in [1.82, 2.24) is 4.90 Å². The zero-order chi connectivity index (χ0) is 19.1. The summed E-state index contributed by atoms with van der Waals surface area (Å²) in [5.74, 6) is 0.452. The SMILES string of the molecule is O=C(CSCc1ccc(F)cc1)Nc1ccccc1C(=O)N1CCCCC1. The van der Waals surface area contributed by atoms with Gasteiger partial charge in [0.15, 0.2) is 0 Å². The number of hydrogen-bond acceptors (Lipinski definition) is 3. The molecule has 0 radical (unpaired) electrons. The number of para-hydroxylation sites is 1. The minimum atomic E-state index is -0.267. The molecule has 2 amide bonds. The third kappa shape index (κ3) is 5.57. The van der Waals surface area contributed by atoms with Crippen LogP contribution >= 0.6 is 11.8 Å². The summed E-state index contributed by atoms with van der Waals surface area (Å²) in [5, 5.41) is 2.86. The zero-order valence-electron chi connectivity index (χ0n) is 15.1. The number of anilines is 1. The van der Waals surface area contributed by atoms with E-state index in [0.29, 0.717) is 17.0 Å². The van der Waals surface area contributed by atoms with E-state index in [-0.39, 0.29) is 23.4 Å². The number of nitrogens with one attached hydrogen (secondary N) is 1. The van der Waals surface area contributed by atoms with Gasteiger partial charge in [-0.2, -0.15) is 0 Å². The van der Waals surface area contributed by atoms with E-state index in [9.17, 15) is 14.0 Å². The fraction of sp³-hybridized carbons (Fsp3) is 0.333. The molecule has 2 aromatic rings. The van der Waals surface area contributed by atoms with E-state index in [4.69, 9.17) is 0 Å². The molecule has 1 heterocycles. The maximum atomic E-state index is 12.9. The van der Waals surface area contributed by atoms with Gasteiger partial charge in [0.05, 0.1) is 17.0 Å². The molecular weight excluding hydrogens is 363 g/mol. The number of halogens is 1. The van der Waals surface area contributed by atoms with Crippen LogP contribution in [0.3, 0.4) is 0 Å². The second-order valence-electron chi connectivity index (χ2n) is 6.57. The highest BCUT2D eigenvalue weighted by Gasteiger charge is 2.21. The molecule has 4 nitrogen and oxygen atoms in total. The minimum Gasteiger partial charge on any atom is -0.339 e. The molecule has 2 aromatic carbocycles. The van der Waals surface area contributed by atoms with Crippen molar-refractivity contribution in [2.45, 2.75) is 25.0 Å². The Morgan fingerprint density at radius 2 is 1.70 bits per heavy atom. The Morgan fingerprint density at radius 1 is 1.00 bits per heavy atom. The molecule has 0 saturated carbocycles. The van der Waals surface area contributed by atoms with Gasteiger partial charge in [-0.3, -0.25) is 9.59 Å². The standard InChI is InChI=1S/C21H23FN2O2S/c22-17-10-8-16(9-11-17)14-27-15-20(25)23-19-7-3-2-6-18(19)21(26)24-12-4-1-5-13-24/h2-3,6-11H,1,4-5,12-15H2,(H,23,25). The molecule has 1 aliphatic rings. The van der Waals surface area contributed by atoms with E-state index in [0.717, 1.165) is 37.9 Å². The van der Waals surface area contributed by atoms with Crippen LogP contribution in [0.15, 0.2) is 48.5 Å². The Bertz CT molecular complexity index is 789. The van der Waals surface area contributed by atoms with Crippen LogP contribution < -0.4 is 5.32 Å². The van der Waals surface area contributed by atoms with E-state index in [2.05, 4.69) is 5.32 Å². The van der Waals surface area contributed by atoms with Crippen LogP contribution in [0.2, 0.25) is 0 Å².